The topological polar surface area (TPSA) is 310 Å². The zero-order valence-electron chi connectivity index (χ0n) is 40.9. The van der Waals surface area contributed by atoms with Gasteiger partial charge in [-0.15, -0.1) is 4.33 Å². The van der Waals surface area contributed by atoms with Gasteiger partial charge in [0.25, 0.3) is 0 Å². The number of hydrogen-bond acceptors (Lipinski definition) is 18. The van der Waals surface area contributed by atoms with Gasteiger partial charge in [-0.1, -0.05) is 49.3 Å². The predicted molar refractivity (Wildman–Crippen MR) is 222 cm³/mol. The van der Waals surface area contributed by atoms with Gasteiger partial charge in [0.2, 0.25) is 17.5 Å². The van der Waals surface area contributed by atoms with Crippen molar-refractivity contribution in [1.29, 1.82) is 0 Å². The summed E-state index contributed by atoms with van der Waals surface area (Å²) in [6, 6.07) is 5.94. The van der Waals surface area contributed by atoms with E-state index in [1.165, 1.54) is 19.2 Å². The second kappa shape index (κ2) is 34.8. The molecule has 2 aromatic carbocycles. The number of fused-ring (bicyclic) bond motifs is 2. The third-order valence-corrected chi connectivity index (χ3v) is 12.0. The molecule has 0 aliphatic carbocycles. The predicted octanol–water partition coefficient (Wildman–Crippen LogP) is -16.2. The van der Waals surface area contributed by atoms with Crippen molar-refractivity contribution in [1.82, 2.24) is 10.6 Å². The maximum atomic E-state index is 12.9. The number of amides is 2. The van der Waals surface area contributed by atoms with Crippen molar-refractivity contribution in [2.24, 2.45) is 0 Å². The Bertz CT molecular complexity index is 2480. The molecule has 2 N–H and O–H groups in total. The Kier molecular flexibility index (Phi) is 36.8. The van der Waals surface area contributed by atoms with E-state index in [0.717, 1.165) is 35.1 Å². The Morgan fingerprint density at radius 2 is 1.36 bits per heavy atom. The van der Waals surface area contributed by atoms with Gasteiger partial charge in [-0.05, 0) is 68.7 Å². The molecule has 2 heterocycles. The molecule has 27 heteroatoms. The van der Waals surface area contributed by atoms with Crippen LogP contribution in [0.1, 0.15) is 70.9 Å². The molecule has 2 aromatic rings. The largest absolute Gasteiger partial charge is 1.00 e. The van der Waals surface area contributed by atoms with Gasteiger partial charge in [0.05, 0.1) is 59.9 Å². The van der Waals surface area contributed by atoms with Crippen LogP contribution >= 0.6 is 12.0 Å². The summed E-state index contributed by atoms with van der Waals surface area (Å²) >= 11 is 0.906. The number of carboxylic acid groups (broad SMARTS) is 4. The number of carbonyl (C=O) groups excluding carboxylic acids is 6. The van der Waals surface area contributed by atoms with Crippen molar-refractivity contribution < 1.29 is 338 Å². The van der Waals surface area contributed by atoms with E-state index in [9.17, 15) is 62.2 Å². The number of hydrogen-bond donors (Lipinski definition) is 2. The number of benzene rings is 2. The summed E-state index contributed by atoms with van der Waals surface area (Å²) in [5.74, 6) is -8.06. The monoisotopic (exact) mass is 1130 g/mol. The van der Waals surface area contributed by atoms with Crippen molar-refractivity contribution in [3.05, 3.63) is 95.8 Å². The molecular formula is C43H46K5N4O16S2+. The number of nitrogens with one attached hydrogen (secondary N) is 2. The van der Waals surface area contributed by atoms with Crippen LogP contribution in [0.3, 0.4) is 0 Å². The van der Waals surface area contributed by atoms with Crippen molar-refractivity contribution in [2.45, 2.75) is 92.5 Å². The van der Waals surface area contributed by atoms with Gasteiger partial charge >= 0.3 is 257 Å². The Labute approximate surface area is 623 Å². The Morgan fingerprint density at radius 3 is 1.94 bits per heavy atom. The van der Waals surface area contributed by atoms with Crippen LogP contribution < -0.4 is 293 Å². The molecule has 1 unspecified atom stereocenters. The van der Waals surface area contributed by atoms with Crippen LogP contribution in [0.4, 0.5) is 11.4 Å². The molecule has 0 saturated carbocycles. The Morgan fingerprint density at radius 1 is 0.757 bits per heavy atom. The SMILES string of the molecule is COOOSc1ccc2c(c1)C(C)(C)C(/C=C/C=C/C=C/C=C1/N(CCC(=O)NC(CC(=O)[O-])C(=O)[O-])c3ccc(S(=O)(=O)[O-])cc3C1(C)C)=[N+]2CCC(=O)N[C@@H](CCC(=O)[O-])C(=O)[O-].[K+].[K+].[K+].[K+].[K+]. The average molecular weight is 1130 g/mol. The number of carboxylic acids is 4. The molecule has 0 radical (unpaired) electrons. The van der Waals surface area contributed by atoms with E-state index in [1.54, 1.807) is 61.3 Å². The first-order chi connectivity index (χ1) is 30.5. The zero-order valence-corrected chi connectivity index (χ0v) is 58.1. The van der Waals surface area contributed by atoms with E-state index in [1.807, 2.05) is 36.6 Å². The molecule has 70 heavy (non-hydrogen) atoms. The number of rotatable bonds is 24. The smallest absolute Gasteiger partial charge is 0.744 e. The fraction of sp³-hybridized carbons (Fsp3) is 0.372. The van der Waals surface area contributed by atoms with Crippen LogP contribution in [-0.2, 0) is 64.0 Å². The van der Waals surface area contributed by atoms with E-state index in [-0.39, 0.29) is 283 Å². The molecule has 0 saturated heterocycles. The number of anilines is 1. The van der Waals surface area contributed by atoms with E-state index in [0.29, 0.717) is 21.8 Å². The van der Waals surface area contributed by atoms with Gasteiger partial charge in [-0.25, -0.2) is 13.3 Å². The van der Waals surface area contributed by atoms with Crippen molar-refractivity contribution in [2.75, 3.05) is 25.1 Å². The van der Waals surface area contributed by atoms with E-state index >= 15 is 0 Å². The summed E-state index contributed by atoms with van der Waals surface area (Å²) in [5, 5.41) is 53.8. The van der Waals surface area contributed by atoms with Crippen LogP contribution in [0, 0.1) is 0 Å². The van der Waals surface area contributed by atoms with Crippen LogP contribution in [0.5, 0.6) is 0 Å². The average Bonchev–Trinajstić information content (AvgIpc) is 3.56. The van der Waals surface area contributed by atoms with Crippen molar-refractivity contribution >= 4 is 74.9 Å². The van der Waals surface area contributed by atoms with Crippen molar-refractivity contribution in [3.63, 3.8) is 0 Å². The van der Waals surface area contributed by atoms with E-state index in [4.69, 9.17) is 4.33 Å². The second-order valence-corrected chi connectivity index (χ2v) is 17.8. The zero-order chi connectivity index (χ0) is 48.3. The molecule has 20 nitrogen and oxygen atoms in total. The van der Waals surface area contributed by atoms with E-state index in [2.05, 4.69) is 20.6 Å². The molecule has 0 spiro atoms. The molecule has 2 aliphatic heterocycles. The van der Waals surface area contributed by atoms with Crippen LogP contribution in [0.25, 0.3) is 0 Å². The van der Waals surface area contributed by atoms with Crippen LogP contribution in [0.2, 0.25) is 0 Å². The third kappa shape index (κ3) is 21.7. The molecule has 350 valence electrons. The summed E-state index contributed by atoms with van der Waals surface area (Å²) in [5.41, 5.74) is 2.34. The first-order valence-corrected chi connectivity index (χ1v) is 22.0. The van der Waals surface area contributed by atoms with Gasteiger partial charge in [0.1, 0.15) is 10.1 Å². The summed E-state index contributed by atoms with van der Waals surface area (Å²) < 4.78 is 42.7. The van der Waals surface area contributed by atoms with Crippen LogP contribution in [-0.4, -0.2) is 91.2 Å². The third-order valence-electron chi connectivity index (χ3n) is 10.6. The summed E-state index contributed by atoms with van der Waals surface area (Å²) in [6.07, 6.45) is 9.64. The Hall–Kier alpha value is 2.01. The van der Waals surface area contributed by atoms with Gasteiger partial charge in [0, 0.05) is 70.7 Å². The number of allylic oxidation sites excluding steroid dienone is 8. The minimum absolute atomic E-state index is 0. The molecule has 2 amide bonds. The first kappa shape index (κ1) is 74.1. The normalized spacial score (nSPS) is 15.6. The van der Waals surface area contributed by atoms with Gasteiger partial charge in [0.15, 0.2) is 12.3 Å². The second-order valence-electron chi connectivity index (χ2n) is 15.7. The number of carbonyl (C=O) groups is 6. The fourth-order valence-corrected chi connectivity index (χ4v) is 8.34. The van der Waals surface area contributed by atoms with Crippen LogP contribution in [0.15, 0.2) is 94.4 Å². The van der Waals surface area contributed by atoms with Gasteiger partial charge in [-0.3, -0.25) is 9.59 Å². The minimum Gasteiger partial charge on any atom is -0.744 e. The molecule has 0 bridgehead atoms. The molecule has 4 rings (SSSR count). The quantitative estimate of drug-likeness (QED) is 0.0144. The molecular weight excluding hydrogens is 1090 g/mol. The van der Waals surface area contributed by atoms with Crippen molar-refractivity contribution in [3.8, 4) is 0 Å². The molecule has 0 aromatic heterocycles. The maximum Gasteiger partial charge on any atom is 1.00 e. The fourth-order valence-electron chi connectivity index (χ4n) is 7.40. The first-order valence-electron chi connectivity index (χ1n) is 19.8. The summed E-state index contributed by atoms with van der Waals surface area (Å²) in [4.78, 5) is 77.0. The molecule has 2 atom stereocenters. The maximum absolute atomic E-state index is 12.9. The molecule has 0 fully saturated rings. The summed E-state index contributed by atoms with van der Waals surface area (Å²) in [7, 11) is -3.55. The van der Waals surface area contributed by atoms with Gasteiger partial charge in [-0.2, -0.15) is 4.58 Å². The summed E-state index contributed by atoms with van der Waals surface area (Å²) in [6.45, 7) is 7.55. The molecule has 2 aliphatic rings. The van der Waals surface area contributed by atoms with Gasteiger partial charge < -0.3 is 59.7 Å². The number of nitrogens with zero attached hydrogens (tertiary/aromatic N) is 2. The minimum atomic E-state index is -4.83. The number of aliphatic carboxylic acids is 4. The van der Waals surface area contributed by atoms with E-state index < -0.39 is 92.9 Å². The Balaban J connectivity index is 0. The standard InChI is InChI=1S/C43H50N4O16S2.5K/c1-42(2)28-23-26(64-63-62-61-5)13-16-32(28)46(21-19-36(48)44-30(40(54)55)15-18-38(50)51)34(42)11-9-7-6-8-10-12-35-43(3,4)29-24-27(65(58,59)60)14-17-33(29)47(35)22-20-37(49)45-31(41(56)57)25-39(52)53;;;;;/h6-14,16-17,23-24,30-31H,15,18-22,25H2,1-5H3,(H6-,44,45,48,49,50,51,52,53,54,55,56,57,58,59,60);;;;;/q;5*+1/p-4/t30-,31?;;;;;/m0...../s1.